The van der Waals surface area contributed by atoms with Crippen LogP contribution in [0.5, 0.6) is 0 Å². The van der Waals surface area contributed by atoms with Crippen LogP contribution in [0.3, 0.4) is 0 Å². The lowest BCUT2D eigenvalue weighted by atomic mass is 10.2. The van der Waals surface area contributed by atoms with Crippen molar-refractivity contribution >= 4 is 5.69 Å². The number of rotatable bonds is 5. The summed E-state index contributed by atoms with van der Waals surface area (Å²) in [6.45, 7) is -1.14. The summed E-state index contributed by atoms with van der Waals surface area (Å²) in [6.07, 6.45) is -2.87. The van der Waals surface area contributed by atoms with Crippen LogP contribution in [0.1, 0.15) is 0 Å². The van der Waals surface area contributed by atoms with E-state index in [1.807, 2.05) is 0 Å². The molecule has 5 nitrogen and oxygen atoms in total. The maximum absolute atomic E-state index is 11.9. The fraction of sp³-hybridized carbons (Fsp3) is 0.333. The van der Waals surface area contributed by atoms with E-state index in [4.69, 9.17) is 5.73 Å². The Hall–Kier alpha value is -2.09. The first-order chi connectivity index (χ1) is 9.44. The molecule has 0 amide bonds. The Balaban J connectivity index is 1.90. The average Bonchev–Trinajstić information content (AvgIpc) is 2.82. The monoisotopic (exact) mass is 286 g/mol. The van der Waals surface area contributed by atoms with Gasteiger partial charge in [-0.1, -0.05) is 12.1 Å². The predicted molar refractivity (Wildman–Crippen MR) is 66.7 cm³/mol. The number of benzene rings is 1. The molecule has 1 heterocycles. The SMILES string of the molecule is Nc1cccc(-c2ncn(CCOCC(F)(F)F)n2)c1. The van der Waals surface area contributed by atoms with Crippen LogP contribution in [0, 0.1) is 0 Å². The molecule has 1 aromatic heterocycles. The number of hydrogen-bond donors (Lipinski definition) is 1. The molecule has 2 N–H and O–H groups in total. The van der Waals surface area contributed by atoms with Crippen molar-refractivity contribution in [2.45, 2.75) is 12.7 Å². The molecule has 0 saturated carbocycles. The highest BCUT2D eigenvalue weighted by Gasteiger charge is 2.27. The Kier molecular flexibility index (Phi) is 4.23. The van der Waals surface area contributed by atoms with Gasteiger partial charge in [-0.25, -0.2) is 4.98 Å². The minimum absolute atomic E-state index is 0.0841. The third-order valence-electron chi connectivity index (χ3n) is 2.41. The molecule has 1 aromatic carbocycles. The zero-order chi connectivity index (χ0) is 14.6. The van der Waals surface area contributed by atoms with Crippen LogP contribution in [0.2, 0.25) is 0 Å². The third-order valence-corrected chi connectivity index (χ3v) is 2.41. The van der Waals surface area contributed by atoms with E-state index in [0.29, 0.717) is 11.5 Å². The van der Waals surface area contributed by atoms with Crippen molar-refractivity contribution in [3.63, 3.8) is 0 Å². The number of alkyl halides is 3. The van der Waals surface area contributed by atoms with E-state index >= 15 is 0 Å². The lowest BCUT2D eigenvalue weighted by molar-refractivity contribution is -0.174. The molecule has 0 aliphatic rings. The summed E-state index contributed by atoms with van der Waals surface area (Å²) in [5.74, 6) is 0.466. The average molecular weight is 286 g/mol. The smallest absolute Gasteiger partial charge is 0.399 e. The second-order valence-electron chi connectivity index (χ2n) is 4.12. The van der Waals surface area contributed by atoms with Gasteiger partial charge in [0.2, 0.25) is 0 Å². The van der Waals surface area contributed by atoms with Gasteiger partial charge in [0, 0.05) is 11.3 Å². The van der Waals surface area contributed by atoms with Gasteiger partial charge in [-0.3, -0.25) is 4.68 Å². The molecule has 20 heavy (non-hydrogen) atoms. The van der Waals surface area contributed by atoms with E-state index < -0.39 is 12.8 Å². The van der Waals surface area contributed by atoms with Crippen LogP contribution in [0.4, 0.5) is 18.9 Å². The summed E-state index contributed by atoms with van der Waals surface area (Å²) in [6, 6.07) is 7.04. The number of ether oxygens (including phenoxy) is 1. The zero-order valence-electron chi connectivity index (χ0n) is 10.5. The first-order valence-electron chi connectivity index (χ1n) is 5.84. The molecule has 0 atom stereocenters. The Bertz CT molecular complexity index is 568. The van der Waals surface area contributed by atoms with Crippen LogP contribution >= 0.6 is 0 Å². The molecule has 0 aliphatic heterocycles. The Morgan fingerprint density at radius 2 is 2.10 bits per heavy atom. The van der Waals surface area contributed by atoms with Crippen molar-refractivity contribution in [2.24, 2.45) is 0 Å². The Labute approximate surface area is 113 Å². The van der Waals surface area contributed by atoms with Crippen molar-refractivity contribution < 1.29 is 17.9 Å². The van der Waals surface area contributed by atoms with Crippen molar-refractivity contribution in [1.29, 1.82) is 0 Å². The minimum Gasteiger partial charge on any atom is -0.399 e. The standard InChI is InChI=1S/C12H13F3N4O/c13-12(14,15)7-20-5-4-19-8-17-11(18-19)9-2-1-3-10(16)6-9/h1-3,6,8H,4-5,7,16H2. The first kappa shape index (κ1) is 14.3. The molecular formula is C12H13F3N4O. The van der Waals surface area contributed by atoms with E-state index in [-0.39, 0.29) is 13.2 Å². The number of nitrogen functional groups attached to an aromatic ring is 1. The number of nitrogens with zero attached hydrogens (tertiary/aromatic N) is 3. The molecule has 0 spiro atoms. The lowest BCUT2D eigenvalue weighted by Gasteiger charge is -2.06. The molecule has 0 radical (unpaired) electrons. The normalized spacial score (nSPS) is 11.8. The maximum Gasteiger partial charge on any atom is 0.411 e. The Morgan fingerprint density at radius 1 is 1.30 bits per heavy atom. The van der Waals surface area contributed by atoms with Gasteiger partial charge in [-0.2, -0.15) is 18.3 Å². The summed E-state index contributed by atoms with van der Waals surface area (Å²) in [5.41, 5.74) is 6.99. The lowest BCUT2D eigenvalue weighted by Crippen LogP contribution is -2.19. The van der Waals surface area contributed by atoms with Crippen LogP contribution in [-0.4, -0.2) is 34.2 Å². The van der Waals surface area contributed by atoms with Gasteiger partial charge in [-0.15, -0.1) is 0 Å². The van der Waals surface area contributed by atoms with Gasteiger partial charge in [0.15, 0.2) is 5.82 Å². The fourth-order valence-electron chi connectivity index (χ4n) is 1.56. The molecule has 0 aliphatic carbocycles. The van der Waals surface area contributed by atoms with Gasteiger partial charge in [0.25, 0.3) is 0 Å². The second-order valence-corrected chi connectivity index (χ2v) is 4.12. The number of aromatic nitrogens is 3. The number of anilines is 1. The van der Waals surface area contributed by atoms with Crippen molar-refractivity contribution in [1.82, 2.24) is 14.8 Å². The van der Waals surface area contributed by atoms with Gasteiger partial charge < -0.3 is 10.5 Å². The van der Waals surface area contributed by atoms with Gasteiger partial charge in [-0.05, 0) is 12.1 Å². The van der Waals surface area contributed by atoms with Crippen LogP contribution in [0.25, 0.3) is 11.4 Å². The summed E-state index contributed by atoms with van der Waals surface area (Å²) in [4.78, 5) is 4.07. The minimum atomic E-state index is -4.31. The molecule has 0 bridgehead atoms. The molecule has 0 unspecified atom stereocenters. The highest BCUT2D eigenvalue weighted by Crippen LogP contribution is 2.17. The van der Waals surface area contributed by atoms with Crippen LogP contribution in [0.15, 0.2) is 30.6 Å². The first-order valence-corrected chi connectivity index (χ1v) is 5.84. The molecule has 0 fully saturated rings. The van der Waals surface area contributed by atoms with E-state index in [1.165, 1.54) is 11.0 Å². The molecule has 108 valence electrons. The van der Waals surface area contributed by atoms with Crippen LogP contribution < -0.4 is 5.73 Å². The van der Waals surface area contributed by atoms with Crippen molar-refractivity contribution in [3.05, 3.63) is 30.6 Å². The highest BCUT2D eigenvalue weighted by molar-refractivity contribution is 5.60. The Morgan fingerprint density at radius 3 is 2.80 bits per heavy atom. The third kappa shape index (κ3) is 4.23. The molecular weight excluding hydrogens is 273 g/mol. The zero-order valence-corrected chi connectivity index (χ0v) is 10.5. The van der Waals surface area contributed by atoms with Gasteiger partial charge in [0.05, 0.1) is 13.2 Å². The number of halogens is 3. The summed E-state index contributed by atoms with van der Waals surface area (Å²) in [5, 5.41) is 4.14. The summed E-state index contributed by atoms with van der Waals surface area (Å²) < 4.78 is 41.5. The van der Waals surface area contributed by atoms with Gasteiger partial charge >= 0.3 is 6.18 Å². The number of nitrogens with two attached hydrogens (primary N) is 1. The van der Waals surface area contributed by atoms with E-state index in [2.05, 4.69) is 14.8 Å². The maximum atomic E-state index is 11.9. The van der Waals surface area contributed by atoms with E-state index in [0.717, 1.165) is 5.56 Å². The quantitative estimate of drug-likeness (QED) is 0.675. The molecule has 0 saturated heterocycles. The van der Waals surface area contributed by atoms with Crippen LogP contribution in [-0.2, 0) is 11.3 Å². The highest BCUT2D eigenvalue weighted by atomic mass is 19.4. The second kappa shape index (κ2) is 5.91. The molecule has 2 rings (SSSR count). The van der Waals surface area contributed by atoms with E-state index in [9.17, 15) is 13.2 Å². The van der Waals surface area contributed by atoms with Crippen molar-refractivity contribution in [3.8, 4) is 11.4 Å². The van der Waals surface area contributed by atoms with Crippen molar-refractivity contribution in [2.75, 3.05) is 18.9 Å². The largest absolute Gasteiger partial charge is 0.411 e. The molecule has 8 heteroatoms. The topological polar surface area (TPSA) is 66.0 Å². The predicted octanol–water partition coefficient (Wildman–Crippen LogP) is 2.11. The van der Waals surface area contributed by atoms with E-state index in [1.54, 1.807) is 24.3 Å². The fourth-order valence-corrected chi connectivity index (χ4v) is 1.56. The van der Waals surface area contributed by atoms with Gasteiger partial charge in [0.1, 0.15) is 12.9 Å². The summed E-state index contributed by atoms with van der Waals surface area (Å²) >= 11 is 0. The molecule has 2 aromatic rings. The number of hydrogen-bond acceptors (Lipinski definition) is 4. The summed E-state index contributed by atoms with van der Waals surface area (Å²) in [7, 11) is 0.